The molecule has 1 atom stereocenters. The van der Waals surface area contributed by atoms with Crippen molar-refractivity contribution < 1.29 is 0 Å². The van der Waals surface area contributed by atoms with Crippen molar-refractivity contribution in [3.05, 3.63) is 35.9 Å². The van der Waals surface area contributed by atoms with Gasteiger partial charge in [-0.2, -0.15) is 0 Å². The number of hydrogen-bond donors (Lipinski definition) is 1. The van der Waals surface area contributed by atoms with Crippen LogP contribution in [0.25, 0.3) is 0 Å². The summed E-state index contributed by atoms with van der Waals surface area (Å²) >= 11 is 0. The van der Waals surface area contributed by atoms with Gasteiger partial charge < -0.3 is 15.1 Å². The Hall–Kier alpha value is -0.860. The molecule has 0 bridgehead atoms. The monoisotopic (exact) mass is 485 g/mol. The van der Waals surface area contributed by atoms with Gasteiger partial charge in [-0.15, -0.1) is 24.0 Å². The van der Waals surface area contributed by atoms with Crippen molar-refractivity contribution in [1.82, 2.24) is 20.0 Å². The molecule has 1 aromatic rings. The highest BCUT2D eigenvalue weighted by Crippen LogP contribution is 2.26. The minimum absolute atomic E-state index is 0. The van der Waals surface area contributed by atoms with Crippen LogP contribution in [0, 0.1) is 0 Å². The van der Waals surface area contributed by atoms with Crippen LogP contribution in [0.2, 0.25) is 0 Å². The van der Waals surface area contributed by atoms with Crippen LogP contribution in [0.3, 0.4) is 0 Å². The largest absolute Gasteiger partial charge is 0.357 e. The Balaban J connectivity index is 0.00000261. The number of benzene rings is 1. The molecule has 2 aliphatic rings. The topological polar surface area (TPSA) is 34.1 Å². The van der Waals surface area contributed by atoms with E-state index in [0.29, 0.717) is 5.92 Å². The third kappa shape index (κ3) is 6.61. The molecule has 0 aliphatic carbocycles. The maximum atomic E-state index is 4.93. The van der Waals surface area contributed by atoms with E-state index in [0.717, 1.165) is 38.7 Å². The lowest BCUT2D eigenvalue weighted by Gasteiger charge is -2.33. The third-order valence-electron chi connectivity index (χ3n) is 5.68. The molecule has 2 aliphatic heterocycles. The minimum Gasteiger partial charge on any atom is -0.357 e. The Morgan fingerprint density at radius 2 is 1.74 bits per heavy atom. The SMILES string of the molecule is CCNC(=NCCN1CCN(CC)CC1)N1CCC(c2ccccc2)C1.I. The van der Waals surface area contributed by atoms with Crippen molar-refractivity contribution >= 4 is 29.9 Å². The normalized spacial score (nSPS) is 21.9. The molecule has 0 radical (unpaired) electrons. The van der Waals surface area contributed by atoms with E-state index in [1.54, 1.807) is 0 Å². The van der Waals surface area contributed by atoms with Gasteiger partial charge in [0.2, 0.25) is 0 Å². The highest BCUT2D eigenvalue weighted by molar-refractivity contribution is 14.0. The second-order valence-corrected chi connectivity index (χ2v) is 7.35. The summed E-state index contributed by atoms with van der Waals surface area (Å²) in [6, 6.07) is 10.9. The van der Waals surface area contributed by atoms with E-state index in [9.17, 15) is 0 Å². The van der Waals surface area contributed by atoms with Crippen LogP contribution in [0.5, 0.6) is 0 Å². The van der Waals surface area contributed by atoms with Crippen LogP contribution in [0.1, 0.15) is 31.7 Å². The van der Waals surface area contributed by atoms with Crippen LogP contribution in [0.4, 0.5) is 0 Å². The Kier molecular flexibility index (Phi) is 9.86. The molecular weight excluding hydrogens is 449 g/mol. The van der Waals surface area contributed by atoms with Crippen molar-refractivity contribution in [2.24, 2.45) is 4.99 Å². The zero-order valence-electron chi connectivity index (χ0n) is 16.9. The molecule has 2 saturated heterocycles. The van der Waals surface area contributed by atoms with Gasteiger partial charge in [0.25, 0.3) is 0 Å². The molecule has 5 nitrogen and oxygen atoms in total. The van der Waals surface area contributed by atoms with Crippen LogP contribution in [0.15, 0.2) is 35.3 Å². The van der Waals surface area contributed by atoms with Gasteiger partial charge in [0.05, 0.1) is 6.54 Å². The molecule has 1 aromatic carbocycles. The molecule has 1 unspecified atom stereocenters. The lowest BCUT2D eigenvalue weighted by molar-refractivity contribution is 0.140. The first-order chi connectivity index (χ1) is 12.8. The van der Waals surface area contributed by atoms with E-state index in [1.165, 1.54) is 44.7 Å². The molecule has 6 heteroatoms. The summed E-state index contributed by atoms with van der Waals surface area (Å²) in [6.45, 7) is 15.4. The number of aliphatic imine (C=N–C) groups is 1. The summed E-state index contributed by atoms with van der Waals surface area (Å²) in [7, 11) is 0. The van der Waals surface area contributed by atoms with E-state index in [2.05, 4.69) is 64.2 Å². The smallest absolute Gasteiger partial charge is 0.193 e. The molecule has 0 aromatic heterocycles. The fourth-order valence-corrected chi connectivity index (χ4v) is 4.00. The summed E-state index contributed by atoms with van der Waals surface area (Å²) in [6.07, 6.45) is 1.22. The van der Waals surface area contributed by atoms with E-state index in [1.807, 2.05) is 0 Å². The lowest BCUT2D eigenvalue weighted by atomic mass is 9.99. The van der Waals surface area contributed by atoms with Gasteiger partial charge >= 0.3 is 0 Å². The maximum absolute atomic E-state index is 4.93. The number of guanidine groups is 1. The molecule has 3 rings (SSSR count). The van der Waals surface area contributed by atoms with Gasteiger partial charge in [-0.25, -0.2) is 0 Å². The zero-order chi connectivity index (χ0) is 18.2. The minimum atomic E-state index is 0. The first-order valence-corrected chi connectivity index (χ1v) is 10.3. The number of nitrogens with one attached hydrogen (secondary N) is 1. The van der Waals surface area contributed by atoms with E-state index in [4.69, 9.17) is 4.99 Å². The number of nitrogens with zero attached hydrogens (tertiary/aromatic N) is 4. The van der Waals surface area contributed by atoms with Crippen LogP contribution < -0.4 is 5.32 Å². The number of likely N-dealkylation sites (N-methyl/N-ethyl adjacent to an activating group) is 1. The van der Waals surface area contributed by atoms with Crippen molar-refractivity contribution in [2.45, 2.75) is 26.2 Å². The van der Waals surface area contributed by atoms with Crippen molar-refractivity contribution in [3.63, 3.8) is 0 Å². The quantitative estimate of drug-likeness (QED) is 0.382. The second-order valence-electron chi connectivity index (χ2n) is 7.35. The number of hydrogen-bond acceptors (Lipinski definition) is 3. The number of rotatable bonds is 6. The Bertz CT molecular complexity index is 557. The Labute approximate surface area is 182 Å². The van der Waals surface area contributed by atoms with Crippen LogP contribution in [-0.4, -0.2) is 86.1 Å². The number of halogens is 1. The lowest BCUT2D eigenvalue weighted by Crippen LogP contribution is -2.47. The van der Waals surface area contributed by atoms with Gasteiger partial charge in [0, 0.05) is 58.3 Å². The first kappa shape index (κ1) is 22.4. The summed E-state index contributed by atoms with van der Waals surface area (Å²) in [5, 5.41) is 3.50. The predicted molar refractivity (Wildman–Crippen MR) is 125 cm³/mol. The first-order valence-electron chi connectivity index (χ1n) is 10.3. The molecule has 1 N–H and O–H groups in total. The highest BCUT2D eigenvalue weighted by Gasteiger charge is 2.26. The summed E-state index contributed by atoms with van der Waals surface area (Å²) < 4.78 is 0. The molecule has 0 spiro atoms. The molecule has 0 saturated carbocycles. The molecule has 27 heavy (non-hydrogen) atoms. The summed E-state index contributed by atoms with van der Waals surface area (Å²) in [5.74, 6) is 1.72. The summed E-state index contributed by atoms with van der Waals surface area (Å²) in [5.41, 5.74) is 1.46. The average molecular weight is 485 g/mol. The molecule has 2 fully saturated rings. The second kappa shape index (κ2) is 11.9. The van der Waals surface area contributed by atoms with Gasteiger partial charge in [0.15, 0.2) is 5.96 Å². The van der Waals surface area contributed by atoms with Gasteiger partial charge in [-0.05, 0) is 25.5 Å². The van der Waals surface area contributed by atoms with Gasteiger partial charge in [0.1, 0.15) is 0 Å². The highest BCUT2D eigenvalue weighted by atomic mass is 127. The van der Waals surface area contributed by atoms with Crippen molar-refractivity contribution in [1.29, 1.82) is 0 Å². The fraction of sp³-hybridized carbons (Fsp3) is 0.667. The van der Waals surface area contributed by atoms with Gasteiger partial charge in [-0.1, -0.05) is 37.3 Å². The van der Waals surface area contributed by atoms with Crippen LogP contribution in [-0.2, 0) is 0 Å². The van der Waals surface area contributed by atoms with Crippen molar-refractivity contribution in [2.75, 3.05) is 65.4 Å². The van der Waals surface area contributed by atoms with Crippen LogP contribution >= 0.6 is 24.0 Å². The van der Waals surface area contributed by atoms with Crippen molar-refractivity contribution in [3.8, 4) is 0 Å². The fourth-order valence-electron chi connectivity index (χ4n) is 4.00. The number of piperazine rings is 1. The predicted octanol–water partition coefficient (Wildman–Crippen LogP) is 2.70. The maximum Gasteiger partial charge on any atom is 0.193 e. The standard InChI is InChI=1S/C21H35N5.HI/c1-3-22-21(23-11-13-25-16-14-24(4-2)15-17-25)26-12-10-20(18-26)19-8-6-5-7-9-19;/h5-9,20H,3-4,10-18H2,1-2H3,(H,22,23);1H. The molecule has 0 amide bonds. The Morgan fingerprint density at radius 3 is 2.41 bits per heavy atom. The van der Waals surface area contributed by atoms with E-state index in [-0.39, 0.29) is 24.0 Å². The average Bonchev–Trinajstić information content (AvgIpc) is 3.19. The summed E-state index contributed by atoms with van der Waals surface area (Å²) in [4.78, 5) is 12.5. The molecule has 152 valence electrons. The Morgan fingerprint density at radius 1 is 1.04 bits per heavy atom. The third-order valence-corrected chi connectivity index (χ3v) is 5.68. The molecule has 2 heterocycles. The van der Waals surface area contributed by atoms with E-state index >= 15 is 0 Å². The number of likely N-dealkylation sites (tertiary alicyclic amines) is 1. The van der Waals surface area contributed by atoms with Gasteiger partial charge in [-0.3, -0.25) is 9.89 Å². The zero-order valence-corrected chi connectivity index (χ0v) is 19.3. The van der Waals surface area contributed by atoms with E-state index < -0.39 is 0 Å². The molecular formula is C21H36IN5.